The van der Waals surface area contributed by atoms with Crippen molar-refractivity contribution in [3.8, 4) is 0 Å². The molecule has 1 atom stereocenters. The second-order valence-corrected chi connectivity index (χ2v) is 4.44. The van der Waals surface area contributed by atoms with Crippen molar-refractivity contribution < 1.29 is 4.79 Å². The number of benzene rings is 1. The maximum Gasteiger partial charge on any atom is 0.271 e. The van der Waals surface area contributed by atoms with Crippen molar-refractivity contribution in [2.45, 2.75) is 19.4 Å². The third kappa shape index (κ3) is 2.91. The lowest BCUT2D eigenvalue weighted by atomic mass is 10.0. The summed E-state index contributed by atoms with van der Waals surface area (Å²) in [7, 11) is 0. The number of nitrogens with one attached hydrogen (secondary N) is 1. The number of amides is 1. The molecule has 0 radical (unpaired) electrons. The van der Waals surface area contributed by atoms with Crippen LogP contribution in [0.3, 0.4) is 0 Å². The van der Waals surface area contributed by atoms with Crippen LogP contribution < -0.4 is 5.32 Å². The van der Waals surface area contributed by atoms with Gasteiger partial charge < -0.3 is 5.32 Å². The van der Waals surface area contributed by atoms with E-state index in [1.54, 1.807) is 10.9 Å². The van der Waals surface area contributed by atoms with Crippen LogP contribution in [0.1, 0.15) is 35.4 Å². The highest BCUT2D eigenvalue weighted by Gasteiger charge is 2.14. The van der Waals surface area contributed by atoms with Crippen LogP contribution >= 0.6 is 11.3 Å². The molecule has 1 aromatic carbocycles. The van der Waals surface area contributed by atoms with Gasteiger partial charge in [-0.1, -0.05) is 37.3 Å². The molecule has 0 fully saturated rings. The van der Waals surface area contributed by atoms with Crippen LogP contribution in [0.15, 0.2) is 41.2 Å². The van der Waals surface area contributed by atoms with E-state index in [9.17, 15) is 4.79 Å². The molecule has 0 bridgehead atoms. The van der Waals surface area contributed by atoms with Gasteiger partial charge >= 0.3 is 0 Å². The summed E-state index contributed by atoms with van der Waals surface area (Å²) in [5.41, 5.74) is 3.28. The first kappa shape index (κ1) is 11.8. The van der Waals surface area contributed by atoms with Crippen LogP contribution in [0.4, 0.5) is 0 Å². The lowest BCUT2D eigenvalue weighted by molar-refractivity contribution is 0.0931. The predicted octanol–water partition coefficient (Wildman–Crippen LogP) is 3.02. The molecule has 2 rings (SSSR count). The lowest BCUT2D eigenvalue weighted by Gasteiger charge is -2.16. The minimum absolute atomic E-state index is 0.0467. The van der Waals surface area contributed by atoms with Gasteiger partial charge in [-0.3, -0.25) is 4.79 Å². The highest BCUT2D eigenvalue weighted by atomic mass is 32.1. The Kier molecular flexibility index (Phi) is 3.88. The summed E-state index contributed by atoms with van der Waals surface area (Å²) >= 11 is 1.43. The second-order valence-electron chi connectivity index (χ2n) is 3.72. The van der Waals surface area contributed by atoms with Gasteiger partial charge in [0.15, 0.2) is 0 Å². The summed E-state index contributed by atoms with van der Waals surface area (Å²) in [6.45, 7) is 2.05. The fraction of sp³-hybridized carbons (Fsp3) is 0.231. The van der Waals surface area contributed by atoms with E-state index >= 15 is 0 Å². The van der Waals surface area contributed by atoms with Crippen LogP contribution in [-0.2, 0) is 0 Å². The van der Waals surface area contributed by atoms with E-state index in [0.717, 1.165) is 12.0 Å². The number of carbonyl (C=O) groups is 1. The zero-order valence-corrected chi connectivity index (χ0v) is 10.4. The van der Waals surface area contributed by atoms with Gasteiger partial charge in [0.25, 0.3) is 5.91 Å². The van der Waals surface area contributed by atoms with Crippen LogP contribution in [-0.4, -0.2) is 10.9 Å². The van der Waals surface area contributed by atoms with Crippen LogP contribution in [0, 0.1) is 0 Å². The monoisotopic (exact) mass is 246 g/mol. The summed E-state index contributed by atoms with van der Waals surface area (Å²) in [5, 5.41) is 4.75. The van der Waals surface area contributed by atoms with E-state index < -0.39 is 0 Å². The van der Waals surface area contributed by atoms with Crippen LogP contribution in [0.5, 0.6) is 0 Å². The van der Waals surface area contributed by atoms with Crippen LogP contribution in [0.2, 0.25) is 0 Å². The van der Waals surface area contributed by atoms with Crippen molar-refractivity contribution in [2.24, 2.45) is 0 Å². The number of aromatic nitrogens is 1. The summed E-state index contributed by atoms with van der Waals surface area (Å²) in [4.78, 5) is 15.9. The fourth-order valence-corrected chi connectivity index (χ4v) is 2.20. The molecule has 4 heteroatoms. The molecule has 0 aliphatic heterocycles. The molecule has 0 aliphatic carbocycles. The molecule has 0 saturated carbocycles. The summed E-state index contributed by atoms with van der Waals surface area (Å²) in [6.07, 6.45) is 0.861. The molecular weight excluding hydrogens is 232 g/mol. The Morgan fingerprint density at radius 3 is 2.76 bits per heavy atom. The number of hydrogen-bond donors (Lipinski definition) is 1. The molecule has 1 heterocycles. The first-order valence-electron chi connectivity index (χ1n) is 5.55. The third-order valence-electron chi connectivity index (χ3n) is 2.58. The fourth-order valence-electron chi connectivity index (χ4n) is 1.66. The van der Waals surface area contributed by atoms with E-state index in [1.165, 1.54) is 11.3 Å². The van der Waals surface area contributed by atoms with Gasteiger partial charge in [-0.2, -0.15) is 0 Å². The maximum atomic E-state index is 11.9. The molecule has 1 unspecified atom stereocenters. The Bertz CT molecular complexity index is 467. The van der Waals surface area contributed by atoms with Crippen molar-refractivity contribution in [3.05, 3.63) is 52.5 Å². The number of thiazole rings is 1. The zero-order chi connectivity index (χ0) is 12.1. The van der Waals surface area contributed by atoms with Gasteiger partial charge in [0, 0.05) is 5.38 Å². The average Bonchev–Trinajstić information content (AvgIpc) is 2.90. The molecule has 3 nitrogen and oxygen atoms in total. The van der Waals surface area contributed by atoms with Gasteiger partial charge in [-0.05, 0) is 12.0 Å². The summed E-state index contributed by atoms with van der Waals surface area (Å²) < 4.78 is 0. The Balaban J connectivity index is 2.09. The van der Waals surface area contributed by atoms with Crippen molar-refractivity contribution in [3.63, 3.8) is 0 Å². The number of hydrogen-bond acceptors (Lipinski definition) is 3. The second kappa shape index (κ2) is 5.59. The predicted molar refractivity (Wildman–Crippen MR) is 69.1 cm³/mol. The van der Waals surface area contributed by atoms with Crippen molar-refractivity contribution in [2.75, 3.05) is 0 Å². The molecule has 1 aromatic heterocycles. The molecule has 88 valence electrons. The Morgan fingerprint density at radius 1 is 1.41 bits per heavy atom. The molecule has 2 aromatic rings. The van der Waals surface area contributed by atoms with Gasteiger partial charge in [-0.15, -0.1) is 11.3 Å². The minimum atomic E-state index is -0.109. The molecule has 1 amide bonds. The maximum absolute atomic E-state index is 11.9. The largest absolute Gasteiger partial charge is 0.344 e. The molecule has 0 saturated heterocycles. The quantitative estimate of drug-likeness (QED) is 0.901. The Labute approximate surface area is 105 Å². The number of rotatable bonds is 4. The Hall–Kier alpha value is -1.68. The smallest absolute Gasteiger partial charge is 0.271 e. The normalized spacial score (nSPS) is 12.1. The summed E-state index contributed by atoms with van der Waals surface area (Å²) in [6, 6.07) is 10.0. The minimum Gasteiger partial charge on any atom is -0.344 e. The van der Waals surface area contributed by atoms with Crippen LogP contribution in [0.25, 0.3) is 0 Å². The van der Waals surface area contributed by atoms with Crippen molar-refractivity contribution in [1.82, 2.24) is 10.3 Å². The average molecular weight is 246 g/mol. The highest BCUT2D eigenvalue weighted by Crippen LogP contribution is 2.16. The molecule has 0 spiro atoms. The SMILES string of the molecule is CCC(NC(=O)c1cscn1)c1ccccc1. The lowest BCUT2D eigenvalue weighted by Crippen LogP contribution is -2.28. The van der Waals surface area contributed by atoms with Gasteiger partial charge in [0.1, 0.15) is 5.69 Å². The van der Waals surface area contributed by atoms with Gasteiger partial charge in [-0.25, -0.2) is 4.98 Å². The van der Waals surface area contributed by atoms with Gasteiger partial charge in [0.05, 0.1) is 11.6 Å². The van der Waals surface area contributed by atoms with Crippen molar-refractivity contribution >= 4 is 17.2 Å². The standard InChI is InChI=1S/C13H14N2OS/c1-2-11(10-6-4-3-5-7-10)15-13(16)12-8-17-9-14-12/h3-9,11H,2H2,1H3,(H,15,16). The third-order valence-corrected chi connectivity index (χ3v) is 3.17. The first-order chi connectivity index (χ1) is 8.31. The molecule has 0 aliphatic rings. The van der Waals surface area contributed by atoms with E-state index in [0.29, 0.717) is 5.69 Å². The zero-order valence-electron chi connectivity index (χ0n) is 9.59. The molecular formula is C13H14N2OS. The molecule has 1 N–H and O–H groups in total. The van der Waals surface area contributed by atoms with Crippen molar-refractivity contribution in [1.29, 1.82) is 0 Å². The van der Waals surface area contributed by atoms with E-state index in [4.69, 9.17) is 0 Å². The summed E-state index contributed by atoms with van der Waals surface area (Å²) in [5.74, 6) is -0.109. The topological polar surface area (TPSA) is 42.0 Å². The molecule has 17 heavy (non-hydrogen) atoms. The van der Waals surface area contributed by atoms with E-state index in [2.05, 4.69) is 17.2 Å². The van der Waals surface area contributed by atoms with Gasteiger partial charge in [0.2, 0.25) is 0 Å². The number of nitrogens with zero attached hydrogens (tertiary/aromatic N) is 1. The van der Waals surface area contributed by atoms with E-state index in [1.807, 2.05) is 30.3 Å². The first-order valence-corrected chi connectivity index (χ1v) is 6.49. The van der Waals surface area contributed by atoms with E-state index in [-0.39, 0.29) is 11.9 Å². The number of carbonyl (C=O) groups excluding carboxylic acids is 1. The Morgan fingerprint density at radius 2 is 2.18 bits per heavy atom. The highest BCUT2D eigenvalue weighted by molar-refractivity contribution is 7.07.